The van der Waals surface area contributed by atoms with Crippen LogP contribution in [0.15, 0.2) is 48.7 Å². The molecule has 0 amide bonds. The van der Waals surface area contributed by atoms with E-state index in [2.05, 4.69) is 9.97 Å². The van der Waals surface area contributed by atoms with E-state index in [1.165, 1.54) is 0 Å². The fourth-order valence-corrected chi connectivity index (χ4v) is 2.25. The Kier molecular flexibility index (Phi) is 3.39. The predicted molar refractivity (Wildman–Crippen MR) is 79.4 cm³/mol. The minimum atomic E-state index is -0.653. The summed E-state index contributed by atoms with van der Waals surface area (Å²) in [4.78, 5) is 7.58. The normalized spacial score (nSPS) is 12.3. The molecular weight excluding hydrogens is 269 g/mol. The maximum Gasteiger partial charge on any atom is 0.319 e. The third-order valence-corrected chi connectivity index (χ3v) is 3.29. The molecule has 2 N–H and O–H groups in total. The van der Waals surface area contributed by atoms with Gasteiger partial charge < -0.3 is 10.5 Å². The number of hydrogen-bond acceptors (Lipinski definition) is 4. The zero-order valence-corrected chi connectivity index (χ0v) is 11.5. The number of halogens is 1. The van der Waals surface area contributed by atoms with Crippen molar-refractivity contribution < 1.29 is 9.13 Å². The molecule has 5 heteroatoms. The van der Waals surface area contributed by atoms with Gasteiger partial charge in [-0.25, -0.2) is 9.37 Å². The number of hydrogen-bond donors (Lipinski definition) is 1. The number of fused-ring (bicyclic) bond motifs is 1. The van der Waals surface area contributed by atoms with E-state index < -0.39 is 5.82 Å². The van der Waals surface area contributed by atoms with Gasteiger partial charge in [0.15, 0.2) is 11.6 Å². The summed E-state index contributed by atoms with van der Waals surface area (Å²) in [6.45, 7) is 1.89. The number of rotatable bonds is 3. The van der Waals surface area contributed by atoms with Gasteiger partial charge in [0.2, 0.25) is 0 Å². The van der Waals surface area contributed by atoms with Crippen molar-refractivity contribution in [2.75, 3.05) is 5.73 Å². The highest BCUT2D eigenvalue weighted by molar-refractivity contribution is 5.85. The van der Waals surface area contributed by atoms with Crippen LogP contribution in [-0.4, -0.2) is 9.97 Å². The molecule has 1 unspecified atom stereocenters. The first-order chi connectivity index (χ1) is 10.1. The van der Waals surface area contributed by atoms with E-state index in [0.717, 1.165) is 22.5 Å². The molecule has 0 aliphatic heterocycles. The first kappa shape index (κ1) is 13.3. The molecule has 21 heavy (non-hydrogen) atoms. The van der Waals surface area contributed by atoms with Crippen molar-refractivity contribution in [2.45, 2.75) is 13.0 Å². The Labute approximate surface area is 121 Å². The Balaban J connectivity index is 1.93. The summed E-state index contributed by atoms with van der Waals surface area (Å²) in [6, 6.07) is 14.1. The van der Waals surface area contributed by atoms with Crippen LogP contribution < -0.4 is 10.5 Å². The Bertz CT molecular complexity index is 786. The van der Waals surface area contributed by atoms with Gasteiger partial charge in [0.1, 0.15) is 6.10 Å². The van der Waals surface area contributed by atoms with Crippen molar-refractivity contribution in [1.82, 2.24) is 9.97 Å². The average molecular weight is 283 g/mol. The minimum absolute atomic E-state index is 0.0642. The van der Waals surface area contributed by atoms with Crippen LogP contribution in [0.3, 0.4) is 0 Å². The lowest BCUT2D eigenvalue weighted by molar-refractivity contribution is 0.208. The molecule has 0 radical (unpaired) electrons. The summed E-state index contributed by atoms with van der Waals surface area (Å²) in [6.07, 6.45) is 0.731. The number of nitrogens with zero attached hydrogens (tertiary/aromatic N) is 2. The first-order valence-electron chi connectivity index (χ1n) is 6.57. The van der Waals surface area contributed by atoms with Crippen LogP contribution in [0, 0.1) is 5.82 Å². The second kappa shape index (κ2) is 5.36. The van der Waals surface area contributed by atoms with Crippen molar-refractivity contribution >= 4 is 16.6 Å². The molecule has 0 aliphatic rings. The Morgan fingerprint density at radius 1 is 1.14 bits per heavy atom. The molecule has 2 aromatic carbocycles. The summed E-state index contributed by atoms with van der Waals surface area (Å²) in [5.41, 5.74) is 6.43. The van der Waals surface area contributed by atoms with Crippen LogP contribution in [0.5, 0.6) is 6.01 Å². The molecule has 0 saturated carbocycles. The molecule has 1 aromatic heterocycles. The highest BCUT2D eigenvalue weighted by Crippen LogP contribution is 2.27. The Morgan fingerprint density at radius 2 is 1.90 bits per heavy atom. The van der Waals surface area contributed by atoms with Gasteiger partial charge in [-0.05, 0) is 23.3 Å². The molecule has 3 aromatic rings. The molecule has 0 saturated heterocycles. The third-order valence-electron chi connectivity index (χ3n) is 3.29. The van der Waals surface area contributed by atoms with Crippen molar-refractivity contribution in [3.63, 3.8) is 0 Å². The third kappa shape index (κ3) is 2.63. The highest BCUT2D eigenvalue weighted by Gasteiger charge is 2.13. The summed E-state index contributed by atoms with van der Waals surface area (Å²) >= 11 is 0. The number of aromatic nitrogens is 2. The molecule has 0 bridgehead atoms. The summed E-state index contributed by atoms with van der Waals surface area (Å²) < 4.78 is 18.7. The molecule has 1 atom stereocenters. The molecular formula is C16H14FN3O. The topological polar surface area (TPSA) is 61.0 Å². The number of benzene rings is 2. The summed E-state index contributed by atoms with van der Waals surface area (Å²) in [7, 11) is 0. The Hall–Kier alpha value is -2.69. The summed E-state index contributed by atoms with van der Waals surface area (Å²) in [5.74, 6) is -0.870. The van der Waals surface area contributed by atoms with Crippen LogP contribution in [0.25, 0.3) is 10.8 Å². The van der Waals surface area contributed by atoms with E-state index in [1.807, 2.05) is 49.4 Å². The van der Waals surface area contributed by atoms with Gasteiger partial charge in [-0.1, -0.05) is 42.5 Å². The van der Waals surface area contributed by atoms with E-state index in [9.17, 15) is 4.39 Å². The standard InChI is InChI=1S/C16H14FN3O/c1-10(21-16-19-9-14(17)15(18)20-16)12-8-4-6-11-5-2-3-7-13(11)12/h2-10H,1H3,(H2,18,19,20). The number of ether oxygens (including phenoxy) is 1. The van der Waals surface area contributed by atoms with Gasteiger partial charge in [-0.15, -0.1) is 0 Å². The SMILES string of the molecule is CC(Oc1ncc(F)c(N)n1)c1cccc2ccccc12. The summed E-state index contributed by atoms with van der Waals surface area (Å²) in [5, 5.41) is 2.23. The van der Waals surface area contributed by atoms with Gasteiger partial charge in [-0.2, -0.15) is 4.98 Å². The number of anilines is 1. The molecule has 106 valence electrons. The van der Waals surface area contributed by atoms with Crippen LogP contribution in [0.4, 0.5) is 10.2 Å². The maximum absolute atomic E-state index is 13.1. The molecule has 4 nitrogen and oxygen atoms in total. The van der Waals surface area contributed by atoms with Gasteiger partial charge in [0.25, 0.3) is 0 Å². The lowest BCUT2D eigenvalue weighted by Crippen LogP contribution is -2.08. The lowest BCUT2D eigenvalue weighted by atomic mass is 10.0. The fraction of sp³-hybridized carbons (Fsp3) is 0.125. The van der Waals surface area contributed by atoms with E-state index in [0.29, 0.717) is 0 Å². The van der Waals surface area contributed by atoms with Crippen LogP contribution in [0.2, 0.25) is 0 Å². The van der Waals surface area contributed by atoms with Gasteiger partial charge >= 0.3 is 6.01 Å². The largest absolute Gasteiger partial charge is 0.455 e. The fourth-order valence-electron chi connectivity index (χ4n) is 2.25. The van der Waals surface area contributed by atoms with Gasteiger partial charge in [0, 0.05) is 0 Å². The quantitative estimate of drug-likeness (QED) is 0.799. The van der Waals surface area contributed by atoms with Crippen LogP contribution >= 0.6 is 0 Å². The van der Waals surface area contributed by atoms with Gasteiger partial charge in [0.05, 0.1) is 6.20 Å². The molecule has 3 rings (SSSR count). The predicted octanol–water partition coefficient (Wildman–Crippen LogP) is 3.49. The number of nitrogen functional groups attached to an aromatic ring is 1. The number of nitrogens with two attached hydrogens (primary N) is 1. The van der Waals surface area contributed by atoms with Crippen molar-refractivity contribution in [1.29, 1.82) is 0 Å². The maximum atomic E-state index is 13.1. The van der Waals surface area contributed by atoms with Crippen molar-refractivity contribution in [3.8, 4) is 6.01 Å². The van der Waals surface area contributed by atoms with E-state index >= 15 is 0 Å². The van der Waals surface area contributed by atoms with E-state index in [4.69, 9.17) is 10.5 Å². The molecule has 0 aliphatic carbocycles. The first-order valence-corrected chi connectivity index (χ1v) is 6.57. The zero-order chi connectivity index (χ0) is 14.8. The van der Waals surface area contributed by atoms with Crippen LogP contribution in [0.1, 0.15) is 18.6 Å². The van der Waals surface area contributed by atoms with Gasteiger partial charge in [-0.3, -0.25) is 0 Å². The second-order valence-electron chi connectivity index (χ2n) is 4.71. The van der Waals surface area contributed by atoms with Crippen molar-refractivity contribution in [3.05, 3.63) is 60.0 Å². The second-order valence-corrected chi connectivity index (χ2v) is 4.71. The lowest BCUT2D eigenvalue weighted by Gasteiger charge is -2.15. The molecule has 0 fully saturated rings. The zero-order valence-electron chi connectivity index (χ0n) is 11.5. The molecule has 0 spiro atoms. The monoisotopic (exact) mass is 283 g/mol. The minimum Gasteiger partial charge on any atom is -0.455 e. The Morgan fingerprint density at radius 3 is 2.71 bits per heavy atom. The van der Waals surface area contributed by atoms with Crippen LogP contribution in [-0.2, 0) is 0 Å². The smallest absolute Gasteiger partial charge is 0.319 e. The van der Waals surface area contributed by atoms with Crippen molar-refractivity contribution in [2.24, 2.45) is 0 Å². The average Bonchev–Trinajstić information content (AvgIpc) is 2.50. The van der Waals surface area contributed by atoms with E-state index in [1.54, 1.807) is 0 Å². The molecule has 1 heterocycles. The highest BCUT2D eigenvalue weighted by atomic mass is 19.1. The van der Waals surface area contributed by atoms with E-state index in [-0.39, 0.29) is 17.9 Å².